The van der Waals surface area contributed by atoms with Crippen LogP contribution in [-0.4, -0.2) is 43.4 Å². The van der Waals surface area contributed by atoms with Gasteiger partial charge in [-0.25, -0.2) is 13.2 Å². The second kappa shape index (κ2) is 8.42. The van der Waals surface area contributed by atoms with E-state index < -0.39 is 16.0 Å². The van der Waals surface area contributed by atoms with Crippen LogP contribution in [0, 0.1) is 0 Å². The molecule has 1 aliphatic rings. The van der Waals surface area contributed by atoms with Crippen LogP contribution in [0.4, 0.5) is 0 Å². The quantitative estimate of drug-likeness (QED) is 0.550. The monoisotopic (exact) mass is 374 g/mol. The molecule has 0 bridgehead atoms. The van der Waals surface area contributed by atoms with Gasteiger partial charge in [-0.05, 0) is 55.5 Å². The first-order valence-corrected chi connectivity index (χ1v) is 10.2. The number of ether oxygens (including phenoxy) is 1. The van der Waals surface area contributed by atoms with Gasteiger partial charge in [0.15, 0.2) is 0 Å². The van der Waals surface area contributed by atoms with E-state index in [2.05, 4.69) is 4.98 Å². The summed E-state index contributed by atoms with van der Waals surface area (Å²) in [6.07, 6.45) is 6.70. The number of esters is 1. The Hall–Kier alpha value is -2.25. The van der Waals surface area contributed by atoms with Gasteiger partial charge < -0.3 is 4.74 Å². The fraction of sp³-hybridized carbons (Fsp3) is 0.368. The van der Waals surface area contributed by atoms with Gasteiger partial charge >= 0.3 is 5.97 Å². The number of sulfonamides is 1. The third-order valence-corrected chi connectivity index (χ3v) is 6.23. The molecule has 1 aromatic heterocycles. The first kappa shape index (κ1) is 18.5. The molecule has 0 unspecified atom stereocenters. The highest BCUT2D eigenvalue weighted by atomic mass is 32.2. The molecule has 0 N–H and O–H groups in total. The minimum Gasteiger partial charge on any atom is -0.462 e. The summed E-state index contributed by atoms with van der Waals surface area (Å²) in [5.41, 5.74) is 1.34. The predicted octanol–water partition coefficient (Wildman–Crippen LogP) is 2.66. The van der Waals surface area contributed by atoms with Crippen LogP contribution in [0.15, 0.2) is 53.7 Å². The van der Waals surface area contributed by atoms with E-state index in [9.17, 15) is 13.2 Å². The van der Waals surface area contributed by atoms with Gasteiger partial charge in [0.2, 0.25) is 10.0 Å². The molecule has 7 heteroatoms. The Labute approximate surface area is 153 Å². The molecule has 6 nitrogen and oxygen atoms in total. The van der Waals surface area contributed by atoms with Gasteiger partial charge in [0.05, 0.1) is 17.1 Å². The summed E-state index contributed by atoms with van der Waals surface area (Å²) in [7, 11) is -3.54. The van der Waals surface area contributed by atoms with Gasteiger partial charge in [-0.1, -0.05) is 12.1 Å². The van der Waals surface area contributed by atoms with Gasteiger partial charge in [-0.15, -0.1) is 0 Å². The average Bonchev–Trinajstić information content (AvgIpc) is 3.22. The number of benzene rings is 1. The van der Waals surface area contributed by atoms with Crippen LogP contribution in [0.1, 0.15) is 35.2 Å². The zero-order valence-corrected chi connectivity index (χ0v) is 15.3. The molecular formula is C19H22N2O4S. The molecule has 2 heterocycles. The fourth-order valence-corrected chi connectivity index (χ4v) is 4.50. The van der Waals surface area contributed by atoms with Crippen LogP contribution >= 0.6 is 0 Å². The highest BCUT2D eigenvalue weighted by Crippen LogP contribution is 2.21. The molecule has 0 amide bonds. The smallest absolute Gasteiger partial charge is 0.338 e. The van der Waals surface area contributed by atoms with Crippen molar-refractivity contribution in [2.75, 3.05) is 19.7 Å². The standard InChI is InChI=1S/C19H22N2O4S/c22-19(25-13-5-7-16-6-4-10-20-15-16)17-8-3-9-18(14-17)26(23,24)21-11-1-2-12-21/h3-4,6,8-10,14-15H,1-2,5,7,11-13H2. The molecule has 26 heavy (non-hydrogen) atoms. The predicted molar refractivity (Wildman–Crippen MR) is 97.3 cm³/mol. The van der Waals surface area contributed by atoms with Crippen molar-refractivity contribution >= 4 is 16.0 Å². The van der Waals surface area contributed by atoms with Crippen molar-refractivity contribution in [1.29, 1.82) is 0 Å². The number of carbonyl (C=O) groups excluding carboxylic acids is 1. The molecule has 2 aromatic rings. The number of aromatic nitrogens is 1. The van der Waals surface area contributed by atoms with Crippen LogP contribution < -0.4 is 0 Å². The number of hydrogen-bond donors (Lipinski definition) is 0. The lowest BCUT2D eigenvalue weighted by atomic mass is 10.2. The van der Waals surface area contributed by atoms with Gasteiger partial charge in [0.1, 0.15) is 0 Å². The van der Waals surface area contributed by atoms with Gasteiger partial charge in [0.25, 0.3) is 0 Å². The minimum atomic E-state index is -3.54. The minimum absolute atomic E-state index is 0.143. The number of pyridine rings is 1. The van der Waals surface area contributed by atoms with Gasteiger partial charge in [-0.3, -0.25) is 4.98 Å². The van der Waals surface area contributed by atoms with E-state index in [4.69, 9.17) is 4.74 Å². The molecular weight excluding hydrogens is 352 g/mol. The van der Waals surface area contributed by atoms with Gasteiger partial charge in [-0.2, -0.15) is 4.31 Å². The van der Waals surface area contributed by atoms with E-state index in [1.807, 2.05) is 12.1 Å². The molecule has 1 saturated heterocycles. The van der Waals surface area contributed by atoms with Crippen molar-refractivity contribution in [3.63, 3.8) is 0 Å². The van der Waals surface area contributed by atoms with Crippen LogP contribution in [0.2, 0.25) is 0 Å². The molecule has 0 saturated carbocycles. The third kappa shape index (κ3) is 4.47. The summed E-state index contributed by atoms with van der Waals surface area (Å²) in [4.78, 5) is 16.4. The molecule has 0 spiro atoms. The maximum atomic E-state index is 12.6. The largest absolute Gasteiger partial charge is 0.462 e. The molecule has 0 atom stereocenters. The van der Waals surface area contributed by atoms with Crippen molar-refractivity contribution < 1.29 is 17.9 Å². The molecule has 138 valence electrons. The molecule has 1 fully saturated rings. The number of rotatable bonds is 7. The van der Waals surface area contributed by atoms with Crippen LogP contribution in [0.3, 0.4) is 0 Å². The van der Waals surface area contributed by atoms with Crippen LogP contribution in [0.5, 0.6) is 0 Å². The lowest BCUT2D eigenvalue weighted by molar-refractivity contribution is 0.0500. The Morgan fingerprint density at radius 2 is 1.96 bits per heavy atom. The van der Waals surface area contributed by atoms with Crippen molar-refractivity contribution in [2.45, 2.75) is 30.6 Å². The SMILES string of the molecule is O=C(OCCCc1cccnc1)c1cccc(S(=O)(=O)N2CCCC2)c1. The van der Waals surface area contributed by atoms with Crippen molar-refractivity contribution in [2.24, 2.45) is 0 Å². The lowest BCUT2D eigenvalue weighted by Crippen LogP contribution is -2.28. The lowest BCUT2D eigenvalue weighted by Gasteiger charge is -2.15. The highest BCUT2D eigenvalue weighted by Gasteiger charge is 2.27. The van der Waals surface area contributed by atoms with E-state index in [0.29, 0.717) is 19.5 Å². The summed E-state index contributed by atoms with van der Waals surface area (Å²) < 4.78 is 31.9. The summed E-state index contributed by atoms with van der Waals surface area (Å²) in [6, 6.07) is 9.92. The van der Waals surface area contributed by atoms with E-state index in [-0.39, 0.29) is 17.1 Å². The van der Waals surface area contributed by atoms with E-state index in [1.165, 1.54) is 16.4 Å². The Balaban J connectivity index is 1.58. The Bertz CT molecular complexity index is 847. The average molecular weight is 374 g/mol. The van der Waals surface area contributed by atoms with Crippen molar-refractivity contribution in [1.82, 2.24) is 9.29 Å². The topological polar surface area (TPSA) is 76.6 Å². The molecule has 0 aliphatic carbocycles. The summed E-state index contributed by atoms with van der Waals surface area (Å²) in [6.45, 7) is 1.34. The highest BCUT2D eigenvalue weighted by molar-refractivity contribution is 7.89. The summed E-state index contributed by atoms with van der Waals surface area (Å²) in [5.74, 6) is -0.505. The molecule has 0 radical (unpaired) electrons. The van der Waals surface area contributed by atoms with Crippen LogP contribution in [-0.2, 0) is 21.2 Å². The summed E-state index contributed by atoms with van der Waals surface area (Å²) in [5, 5.41) is 0. The second-order valence-electron chi connectivity index (χ2n) is 6.24. The first-order chi connectivity index (χ1) is 12.6. The normalized spacial score (nSPS) is 15.1. The van der Waals surface area contributed by atoms with E-state index in [1.54, 1.807) is 24.5 Å². The molecule has 1 aliphatic heterocycles. The number of nitrogens with zero attached hydrogens (tertiary/aromatic N) is 2. The maximum Gasteiger partial charge on any atom is 0.338 e. The molecule has 1 aromatic carbocycles. The zero-order valence-electron chi connectivity index (χ0n) is 14.5. The maximum absolute atomic E-state index is 12.6. The van der Waals surface area contributed by atoms with E-state index >= 15 is 0 Å². The second-order valence-corrected chi connectivity index (χ2v) is 8.18. The van der Waals surface area contributed by atoms with Crippen molar-refractivity contribution in [3.05, 3.63) is 59.9 Å². The van der Waals surface area contributed by atoms with Crippen LogP contribution in [0.25, 0.3) is 0 Å². The Kier molecular flexibility index (Phi) is 6.00. The first-order valence-electron chi connectivity index (χ1n) is 8.73. The molecule has 3 rings (SSSR count). The van der Waals surface area contributed by atoms with E-state index in [0.717, 1.165) is 24.8 Å². The van der Waals surface area contributed by atoms with Crippen molar-refractivity contribution in [3.8, 4) is 0 Å². The Morgan fingerprint density at radius 3 is 2.69 bits per heavy atom. The number of aryl methyl sites for hydroxylation is 1. The summed E-state index contributed by atoms with van der Waals surface area (Å²) >= 11 is 0. The number of carbonyl (C=O) groups is 1. The fourth-order valence-electron chi connectivity index (χ4n) is 2.93. The Morgan fingerprint density at radius 1 is 1.15 bits per heavy atom. The van der Waals surface area contributed by atoms with Gasteiger partial charge in [0, 0.05) is 25.5 Å². The number of hydrogen-bond acceptors (Lipinski definition) is 5. The zero-order chi connectivity index (χ0) is 18.4. The third-order valence-electron chi connectivity index (χ3n) is 4.34.